The number of fused-ring (bicyclic) bond motifs is 1. The van der Waals surface area contributed by atoms with Crippen LogP contribution in [0.5, 0.6) is 0 Å². The number of benzene rings is 1. The quantitative estimate of drug-likeness (QED) is 0.777. The van der Waals surface area contributed by atoms with Gasteiger partial charge in [0.05, 0.1) is 10.2 Å². The molecule has 0 spiro atoms. The van der Waals surface area contributed by atoms with E-state index < -0.39 is 10.0 Å². The molecule has 1 aromatic carbocycles. The van der Waals surface area contributed by atoms with E-state index in [9.17, 15) is 8.42 Å². The summed E-state index contributed by atoms with van der Waals surface area (Å²) < 4.78 is 28.5. The minimum Gasteiger partial charge on any atom is -0.224 e. The minimum atomic E-state index is -3.54. The zero-order valence-electron chi connectivity index (χ0n) is 13.4. The van der Waals surface area contributed by atoms with E-state index in [0.717, 1.165) is 10.2 Å². The highest BCUT2D eigenvalue weighted by Crippen LogP contribution is 2.38. The van der Waals surface area contributed by atoms with Crippen LogP contribution in [0.15, 0.2) is 22.5 Å². The molecule has 23 heavy (non-hydrogen) atoms. The van der Waals surface area contributed by atoms with Gasteiger partial charge in [-0.1, -0.05) is 57.2 Å². The monoisotopic (exact) mass is 370 g/mol. The second-order valence-electron chi connectivity index (χ2n) is 6.26. The third-order valence-electron chi connectivity index (χ3n) is 4.10. The Labute approximate surface area is 146 Å². The summed E-state index contributed by atoms with van der Waals surface area (Å²) in [4.78, 5) is 4.49. The third kappa shape index (κ3) is 3.90. The largest absolute Gasteiger partial charge is 0.277 e. The van der Waals surface area contributed by atoms with Crippen LogP contribution in [0.3, 0.4) is 0 Å². The van der Waals surface area contributed by atoms with Crippen molar-refractivity contribution in [3.05, 3.63) is 23.8 Å². The van der Waals surface area contributed by atoms with Crippen LogP contribution in [0.25, 0.3) is 10.2 Å². The van der Waals surface area contributed by atoms with Gasteiger partial charge in [-0.3, -0.25) is 0 Å². The van der Waals surface area contributed by atoms with Gasteiger partial charge in [0.25, 0.3) is 10.0 Å². The molecule has 0 bridgehead atoms. The topological polar surface area (TPSA) is 59.1 Å². The molecule has 0 radical (unpaired) electrons. The van der Waals surface area contributed by atoms with Gasteiger partial charge in [0.2, 0.25) is 4.34 Å². The SMILES string of the molecule is CC(C)SNS(=O)(=O)c1nc2c(C3CCCCC3)cccc2s1. The second-order valence-corrected chi connectivity index (χ2v) is 10.8. The predicted molar refractivity (Wildman–Crippen MR) is 98.5 cm³/mol. The maximum atomic E-state index is 12.4. The molecule has 0 amide bonds. The number of thiazole rings is 1. The Morgan fingerprint density at radius 3 is 2.70 bits per heavy atom. The zero-order valence-corrected chi connectivity index (χ0v) is 15.9. The first-order chi connectivity index (χ1) is 11.0. The predicted octanol–water partition coefficient (Wildman–Crippen LogP) is 4.68. The number of hydrogen-bond acceptors (Lipinski definition) is 5. The highest BCUT2D eigenvalue weighted by molar-refractivity contribution is 8.10. The molecule has 3 rings (SSSR count). The molecule has 7 heteroatoms. The van der Waals surface area contributed by atoms with Crippen LogP contribution in [0.2, 0.25) is 0 Å². The first kappa shape index (κ1) is 17.2. The van der Waals surface area contributed by atoms with Crippen molar-refractivity contribution < 1.29 is 8.42 Å². The van der Waals surface area contributed by atoms with Crippen molar-refractivity contribution in [3.63, 3.8) is 0 Å². The average molecular weight is 371 g/mol. The maximum absolute atomic E-state index is 12.4. The summed E-state index contributed by atoms with van der Waals surface area (Å²) in [7, 11) is -3.54. The first-order valence-electron chi connectivity index (χ1n) is 8.04. The molecule has 1 fully saturated rings. The lowest BCUT2D eigenvalue weighted by atomic mass is 9.84. The van der Waals surface area contributed by atoms with Gasteiger partial charge in [0.15, 0.2) is 0 Å². The van der Waals surface area contributed by atoms with E-state index in [0.29, 0.717) is 5.92 Å². The van der Waals surface area contributed by atoms with Crippen molar-refractivity contribution in [2.24, 2.45) is 0 Å². The number of nitrogens with one attached hydrogen (secondary N) is 1. The van der Waals surface area contributed by atoms with E-state index in [1.165, 1.54) is 61.0 Å². The summed E-state index contributed by atoms with van der Waals surface area (Å²) in [5, 5.41) is 0.192. The second kappa shape index (κ2) is 7.09. The molecule has 1 N–H and O–H groups in total. The van der Waals surface area contributed by atoms with Crippen LogP contribution < -0.4 is 4.13 Å². The maximum Gasteiger partial charge on any atom is 0.277 e. The summed E-state index contributed by atoms with van der Waals surface area (Å²) in [5.41, 5.74) is 2.09. The summed E-state index contributed by atoms with van der Waals surface area (Å²) in [6.45, 7) is 3.90. The molecule has 126 valence electrons. The highest BCUT2D eigenvalue weighted by atomic mass is 32.3. The fourth-order valence-electron chi connectivity index (χ4n) is 3.00. The Morgan fingerprint density at radius 2 is 2.00 bits per heavy atom. The Hall–Kier alpha value is -0.630. The van der Waals surface area contributed by atoms with Crippen LogP contribution >= 0.6 is 23.3 Å². The lowest BCUT2D eigenvalue weighted by molar-refractivity contribution is 0.445. The van der Waals surface area contributed by atoms with Gasteiger partial charge >= 0.3 is 0 Å². The number of sulfonamides is 1. The van der Waals surface area contributed by atoms with Gasteiger partial charge in [0.1, 0.15) is 0 Å². The molecule has 4 nitrogen and oxygen atoms in total. The van der Waals surface area contributed by atoms with Crippen molar-refractivity contribution in [3.8, 4) is 0 Å². The Bertz CT molecular complexity index is 778. The van der Waals surface area contributed by atoms with Crippen molar-refractivity contribution in [1.29, 1.82) is 0 Å². The Morgan fingerprint density at radius 1 is 1.26 bits per heavy atom. The Kier molecular flexibility index (Phi) is 5.30. The number of rotatable bonds is 5. The molecule has 2 aromatic rings. The minimum absolute atomic E-state index is 0.170. The molecule has 0 saturated heterocycles. The molecule has 0 unspecified atom stereocenters. The van der Waals surface area contributed by atoms with E-state index in [1.54, 1.807) is 0 Å². The van der Waals surface area contributed by atoms with Crippen LogP contribution in [-0.2, 0) is 10.0 Å². The molecule has 1 heterocycles. The van der Waals surface area contributed by atoms with Gasteiger partial charge < -0.3 is 0 Å². The normalized spacial score (nSPS) is 17.2. The van der Waals surface area contributed by atoms with Crippen LogP contribution in [-0.4, -0.2) is 18.7 Å². The molecule has 1 aromatic heterocycles. The lowest BCUT2D eigenvalue weighted by Gasteiger charge is -2.22. The highest BCUT2D eigenvalue weighted by Gasteiger charge is 2.24. The van der Waals surface area contributed by atoms with E-state index in [2.05, 4.69) is 15.2 Å². The number of aromatic nitrogens is 1. The summed E-state index contributed by atoms with van der Waals surface area (Å²) in [6, 6.07) is 6.11. The van der Waals surface area contributed by atoms with Crippen LogP contribution in [0, 0.1) is 0 Å². The summed E-state index contributed by atoms with van der Waals surface area (Å²) in [5.74, 6) is 0.517. The first-order valence-corrected chi connectivity index (χ1v) is 11.2. The summed E-state index contributed by atoms with van der Waals surface area (Å²) in [6.07, 6.45) is 6.17. The molecule has 1 aliphatic rings. The number of nitrogens with zero attached hydrogens (tertiary/aromatic N) is 1. The van der Waals surface area contributed by atoms with E-state index in [1.807, 2.05) is 26.0 Å². The molecule has 0 aliphatic heterocycles. The lowest BCUT2D eigenvalue weighted by Crippen LogP contribution is -2.18. The fourth-order valence-corrected chi connectivity index (χ4v) is 6.52. The smallest absolute Gasteiger partial charge is 0.224 e. The number of para-hydroxylation sites is 1. The third-order valence-corrected chi connectivity index (χ3v) is 8.11. The number of hydrogen-bond donors (Lipinski definition) is 1. The molecule has 1 saturated carbocycles. The van der Waals surface area contributed by atoms with E-state index in [-0.39, 0.29) is 9.59 Å². The average Bonchev–Trinajstić information content (AvgIpc) is 2.99. The molecule has 1 aliphatic carbocycles. The van der Waals surface area contributed by atoms with Gasteiger partial charge in [-0.2, -0.15) is 4.13 Å². The van der Waals surface area contributed by atoms with Gasteiger partial charge in [-0.05, 0) is 30.4 Å². The van der Waals surface area contributed by atoms with Crippen molar-refractivity contribution in [1.82, 2.24) is 9.11 Å². The molecular formula is C16H22N2O2S3. The van der Waals surface area contributed by atoms with Gasteiger partial charge in [-0.25, -0.2) is 13.4 Å². The Balaban J connectivity index is 1.95. The van der Waals surface area contributed by atoms with Crippen molar-refractivity contribution >= 4 is 43.5 Å². The van der Waals surface area contributed by atoms with Gasteiger partial charge in [-0.15, -0.1) is 11.3 Å². The van der Waals surface area contributed by atoms with E-state index in [4.69, 9.17) is 0 Å². The zero-order chi connectivity index (χ0) is 16.4. The standard InChI is InChI=1S/C16H22N2O2S3/c1-11(2)22-18-23(19,20)16-17-15-13(9-6-10-14(15)21-16)12-7-4-3-5-8-12/h6,9-12,18H,3-5,7-8H2,1-2H3. The van der Waals surface area contributed by atoms with Crippen LogP contribution in [0.4, 0.5) is 0 Å². The molecular weight excluding hydrogens is 348 g/mol. The van der Waals surface area contributed by atoms with Crippen molar-refractivity contribution in [2.45, 2.75) is 61.5 Å². The van der Waals surface area contributed by atoms with Crippen LogP contribution in [0.1, 0.15) is 57.4 Å². The fraction of sp³-hybridized carbons (Fsp3) is 0.562. The van der Waals surface area contributed by atoms with E-state index >= 15 is 0 Å². The molecule has 0 atom stereocenters. The van der Waals surface area contributed by atoms with Crippen molar-refractivity contribution in [2.75, 3.05) is 0 Å². The van der Waals surface area contributed by atoms with Gasteiger partial charge in [0, 0.05) is 5.25 Å². The summed E-state index contributed by atoms with van der Waals surface area (Å²) >= 11 is 2.46.